The van der Waals surface area contributed by atoms with E-state index in [-0.39, 0.29) is 0 Å². The Bertz CT molecular complexity index is 327. The summed E-state index contributed by atoms with van der Waals surface area (Å²) < 4.78 is 5.77. The molecule has 1 aromatic rings. The van der Waals surface area contributed by atoms with Crippen molar-refractivity contribution in [2.24, 2.45) is 0 Å². The first-order valence-corrected chi connectivity index (χ1v) is 7.02. The summed E-state index contributed by atoms with van der Waals surface area (Å²) in [5.41, 5.74) is 0. The lowest BCUT2D eigenvalue weighted by Gasteiger charge is -2.36. The normalized spacial score (nSPS) is 20.8. The summed E-state index contributed by atoms with van der Waals surface area (Å²) >= 11 is 0. The van der Waals surface area contributed by atoms with E-state index in [1.807, 2.05) is 30.3 Å². The van der Waals surface area contributed by atoms with Crippen molar-refractivity contribution in [3.63, 3.8) is 0 Å². The zero-order valence-electron chi connectivity index (χ0n) is 11.3. The zero-order chi connectivity index (χ0) is 12.6. The molecule has 0 spiro atoms. The van der Waals surface area contributed by atoms with E-state index in [1.165, 1.54) is 12.8 Å². The number of para-hydroxylation sites is 1. The lowest BCUT2D eigenvalue weighted by molar-refractivity contribution is 0.127. The summed E-state index contributed by atoms with van der Waals surface area (Å²) in [6, 6.07) is 10.8. The van der Waals surface area contributed by atoms with Crippen molar-refractivity contribution in [2.75, 3.05) is 32.8 Å². The molecule has 1 saturated heterocycles. The average Bonchev–Trinajstić information content (AvgIpc) is 2.42. The van der Waals surface area contributed by atoms with E-state index in [4.69, 9.17) is 4.74 Å². The zero-order valence-corrected chi connectivity index (χ0v) is 11.3. The predicted octanol–water partition coefficient (Wildman–Crippen LogP) is 2.14. The van der Waals surface area contributed by atoms with Crippen LogP contribution >= 0.6 is 0 Å². The molecular weight excluding hydrogens is 224 g/mol. The highest BCUT2D eigenvalue weighted by Gasteiger charge is 2.20. The summed E-state index contributed by atoms with van der Waals surface area (Å²) in [5.74, 6) is 0.972. The fourth-order valence-electron chi connectivity index (χ4n) is 2.51. The SMILES string of the molecule is CCCC1CNCCN1CCOc1ccccc1. The van der Waals surface area contributed by atoms with Crippen LogP contribution in [0.1, 0.15) is 19.8 Å². The Morgan fingerprint density at radius 3 is 2.94 bits per heavy atom. The highest BCUT2D eigenvalue weighted by atomic mass is 16.5. The first-order chi connectivity index (χ1) is 8.90. The Hall–Kier alpha value is -1.06. The van der Waals surface area contributed by atoms with Gasteiger partial charge in [-0.15, -0.1) is 0 Å². The van der Waals surface area contributed by atoms with Crippen molar-refractivity contribution in [3.05, 3.63) is 30.3 Å². The molecule has 0 aliphatic carbocycles. The van der Waals surface area contributed by atoms with Crippen LogP contribution in [0.15, 0.2) is 30.3 Å². The van der Waals surface area contributed by atoms with Crippen LogP contribution in [0.4, 0.5) is 0 Å². The second-order valence-corrected chi connectivity index (χ2v) is 4.84. The van der Waals surface area contributed by atoms with Crippen LogP contribution in [0.5, 0.6) is 5.75 Å². The molecule has 100 valence electrons. The van der Waals surface area contributed by atoms with Gasteiger partial charge < -0.3 is 10.1 Å². The van der Waals surface area contributed by atoms with E-state index in [0.29, 0.717) is 6.04 Å². The van der Waals surface area contributed by atoms with Gasteiger partial charge in [0.15, 0.2) is 0 Å². The Morgan fingerprint density at radius 1 is 1.33 bits per heavy atom. The maximum Gasteiger partial charge on any atom is 0.119 e. The van der Waals surface area contributed by atoms with Crippen molar-refractivity contribution in [3.8, 4) is 5.75 Å². The summed E-state index contributed by atoms with van der Waals surface area (Å²) in [5, 5.41) is 3.48. The lowest BCUT2D eigenvalue weighted by atomic mass is 10.1. The van der Waals surface area contributed by atoms with Gasteiger partial charge in [-0.2, -0.15) is 0 Å². The third-order valence-corrected chi connectivity index (χ3v) is 3.48. The number of hydrogen-bond acceptors (Lipinski definition) is 3. The topological polar surface area (TPSA) is 24.5 Å². The van der Waals surface area contributed by atoms with Gasteiger partial charge in [-0.05, 0) is 18.6 Å². The Morgan fingerprint density at radius 2 is 2.17 bits per heavy atom. The fraction of sp³-hybridized carbons (Fsp3) is 0.600. The van der Waals surface area contributed by atoms with Crippen molar-refractivity contribution in [1.29, 1.82) is 0 Å². The molecule has 1 aliphatic heterocycles. The largest absolute Gasteiger partial charge is 0.492 e. The number of hydrogen-bond donors (Lipinski definition) is 1. The second kappa shape index (κ2) is 7.39. The van der Waals surface area contributed by atoms with Gasteiger partial charge in [0, 0.05) is 32.2 Å². The maximum atomic E-state index is 5.77. The fourth-order valence-corrected chi connectivity index (χ4v) is 2.51. The minimum absolute atomic E-state index is 0.683. The highest BCUT2D eigenvalue weighted by Crippen LogP contribution is 2.11. The Labute approximate surface area is 110 Å². The number of piperazine rings is 1. The van der Waals surface area contributed by atoms with Gasteiger partial charge in [0.2, 0.25) is 0 Å². The smallest absolute Gasteiger partial charge is 0.119 e. The van der Waals surface area contributed by atoms with E-state index in [9.17, 15) is 0 Å². The molecule has 1 heterocycles. The molecule has 0 radical (unpaired) electrons. The van der Waals surface area contributed by atoms with Crippen LogP contribution in [-0.2, 0) is 0 Å². The van der Waals surface area contributed by atoms with Gasteiger partial charge in [0.1, 0.15) is 12.4 Å². The second-order valence-electron chi connectivity index (χ2n) is 4.84. The Kier molecular flexibility index (Phi) is 5.49. The molecule has 3 nitrogen and oxygen atoms in total. The van der Waals surface area contributed by atoms with Crippen LogP contribution in [0.25, 0.3) is 0 Å². The maximum absolute atomic E-state index is 5.77. The molecule has 1 aromatic carbocycles. The number of ether oxygens (including phenoxy) is 1. The minimum Gasteiger partial charge on any atom is -0.492 e. The quantitative estimate of drug-likeness (QED) is 0.835. The third kappa shape index (κ3) is 4.00. The van der Waals surface area contributed by atoms with E-state index in [2.05, 4.69) is 17.1 Å². The Balaban J connectivity index is 1.74. The first-order valence-electron chi connectivity index (χ1n) is 7.02. The molecule has 1 N–H and O–H groups in total. The van der Waals surface area contributed by atoms with E-state index < -0.39 is 0 Å². The van der Waals surface area contributed by atoms with Crippen molar-refractivity contribution >= 4 is 0 Å². The molecule has 1 unspecified atom stereocenters. The van der Waals surface area contributed by atoms with Crippen LogP contribution in [0.2, 0.25) is 0 Å². The van der Waals surface area contributed by atoms with Gasteiger partial charge in [0.25, 0.3) is 0 Å². The molecule has 18 heavy (non-hydrogen) atoms. The van der Waals surface area contributed by atoms with E-state index >= 15 is 0 Å². The minimum atomic E-state index is 0.683. The molecular formula is C15H24N2O. The van der Waals surface area contributed by atoms with Gasteiger partial charge in [-0.3, -0.25) is 4.90 Å². The van der Waals surface area contributed by atoms with Crippen molar-refractivity contribution in [2.45, 2.75) is 25.8 Å². The number of rotatable bonds is 6. The number of benzene rings is 1. The monoisotopic (exact) mass is 248 g/mol. The standard InChI is InChI=1S/C15H24N2O/c1-2-6-14-13-16-9-10-17(14)11-12-18-15-7-4-3-5-8-15/h3-5,7-8,14,16H,2,6,9-13H2,1H3. The molecule has 1 fully saturated rings. The summed E-state index contributed by atoms with van der Waals surface area (Å²) in [6.07, 6.45) is 2.53. The number of nitrogens with one attached hydrogen (secondary N) is 1. The molecule has 1 atom stereocenters. The third-order valence-electron chi connectivity index (χ3n) is 3.48. The van der Waals surface area contributed by atoms with Crippen LogP contribution in [0, 0.1) is 0 Å². The van der Waals surface area contributed by atoms with Gasteiger partial charge in [-0.1, -0.05) is 31.5 Å². The molecule has 0 bridgehead atoms. The number of nitrogens with zero attached hydrogens (tertiary/aromatic N) is 1. The van der Waals surface area contributed by atoms with E-state index in [1.54, 1.807) is 0 Å². The van der Waals surface area contributed by atoms with Gasteiger partial charge >= 0.3 is 0 Å². The summed E-state index contributed by atoms with van der Waals surface area (Å²) in [4.78, 5) is 2.56. The lowest BCUT2D eigenvalue weighted by Crippen LogP contribution is -2.52. The van der Waals surface area contributed by atoms with Crippen LogP contribution in [0.3, 0.4) is 0 Å². The molecule has 1 aliphatic rings. The summed E-state index contributed by atoms with van der Waals surface area (Å²) in [6.45, 7) is 7.44. The van der Waals surface area contributed by atoms with Gasteiger partial charge in [0.05, 0.1) is 0 Å². The molecule has 0 amide bonds. The molecule has 3 heteroatoms. The highest BCUT2D eigenvalue weighted by molar-refractivity contribution is 5.20. The summed E-state index contributed by atoms with van der Waals surface area (Å²) in [7, 11) is 0. The van der Waals surface area contributed by atoms with Gasteiger partial charge in [-0.25, -0.2) is 0 Å². The molecule has 0 saturated carbocycles. The molecule has 2 rings (SSSR count). The first kappa shape index (κ1) is 13.4. The average molecular weight is 248 g/mol. The van der Waals surface area contributed by atoms with Crippen LogP contribution < -0.4 is 10.1 Å². The van der Waals surface area contributed by atoms with Crippen molar-refractivity contribution in [1.82, 2.24) is 10.2 Å². The van der Waals surface area contributed by atoms with Crippen molar-refractivity contribution < 1.29 is 4.74 Å². The van der Waals surface area contributed by atoms with E-state index in [0.717, 1.165) is 38.5 Å². The predicted molar refractivity (Wildman–Crippen MR) is 75.1 cm³/mol. The van der Waals surface area contributed by atoms with Crippen LogP contribution in [-0.4, -0.2) is 43.7 Å². The molecule has 0 aromatic heterocycles.